The van der Waals surface area contributed by atoms with E-state index in [9.17, 15) is 4.79 Å². The van der Waals surface area contributed by atoms with Crippen LogP contribution in [0.1, 0.15) is 30.5 Å². The van der Waals surface area contributed by atoms with Crippen molar-refractivity contribution in [1.82, 2.24) is 14.8 Å². The highest BCUT2D eigenvalue weighted by molar-refractivity contribution is 5.76. The molecule has 4 heteroatoms. The third kappa shape index (κ3) is 5.81. The average molecular weight is 349 g/mol. The van der Waals surface area contributed by atoms with E-state index in [0.29, 0.717) is 6.42 Å². The van der Waals surface area contributed by atoms with E-state index in [2.05, 4.69) is 40.2 Å². The first-order valence-electron chi connectivity index (χ1n) is 9.43. The van der Waals surface area contributed by atoms with E-state index in [1.54, 1.807) is 6.20 Å². The van der Waals surface area contributed by atoms with Crippen molar-refractivity contribution >= 4 is 12.0 Å². The zero-order valence-electron chi connectivity index (χ0n) is 15.3. The van der Waals surface area contributed by atoms with Crippen molar-refractivity contribution in [2.45, 2.75) is 25.8 Å². The third-order valence-electron chi connectivity index (χ3n) is 4.71. The van der Waals surface area contributed by atoms with Crippen molar-refractivity contribution in [3.05, 3.63) is 72.1 Å². The van der Waals surface area contributed by atoms with Crippen LogP contribution in [-0.2, 0) is 11.3 Å². The minimum Gasteiger partial charge on any atom is -0.340 e. The summed E-state index contributed by atoms with van der Waals surface area (Å²) in [4.78, 5) is 21.1. The van der Waals surface area contributed by atoms with Gasteiger partial charge in [-0.2, -0.15) is 0 Å². The Morgan fingerprint density at radius 1 is 1.00 bits per heavy atom. The van der Waals surface area contributed by atoms with Gasteiger partial charge in [-0.05, 0) is 36.6 Å². The van der Waals surface area contributed by atoms with Gasteiger partial charge in [-0.1, -0.05) is 42.5 Å². The summed E-state index contributed by atoms with van der Waals surface area (Å²) in [6, 6.07) is 16.4. The van der Waals surface area contributed by atoms with Gasteiger partial charge < -0.3 is 4.90 Å². The Balaban J connectivity index is 1.33. The zero-order chi connectivity index (χ0) is 18.0. The first-order chi connectivity index (χ1) is 12.8. The number of pyridine rings is 1. The summed E-state index contributed by atoms with van der Waals surface area (Å²) in [7, 11) is 0. The van der Waals surface area contributed by atoms with E-state index in [1.165, 1.54) is 5.56 Å². The van der Waals surface area contributed by atoms with E-state index in [4.69, 9.17) is 0 Å². The molecular formula is C22H27N3O. The number of amides is 1. The molecule has 0 bridgehead atoms. The van der Waals surface area contributed by atoms with Gasteiger partial charge in [0.05, 0.1) is 5.69 Å². The van der Waals surface area contributed by atoms with Crippen molar-refractivity contribution in [3.8, 4) is 0 Å². The number of benzene rings is 1. The maximum absolute atomic E-state index is 12.4. The number of carbonyl (C=O) groups is 1. The van der Waals surface area contributed by atoms with Crippen LogP contribution in [0.15, 0.2) is 60.8 Å². The molecule has 3 rings (SSSR count). The van der Waals surface area contributed by atoms with Crippen LogP contribution in [0.2, 0.25) is 0 Å². The smallest absolute Gasteiger partial charge is 0.222 e. The van der Waals surface area contributed by atoms with Crippen LogP contribution in [0.5, 0.6) is 0 Å². The minimum atomic E-state index is 0.288. The van der Waals surface area contributed by atoms with Gasteiger partial charge in [-0.15, -0.1) is 0 Å². The minimum absolute atomic E-state index is 0.288. The Labute approximate surface area is 156 Å². The molecule has 136 valence electrons. The Morgan fingerprint density at radius 2 is 1.77 bits per heavy atom. The summed E-state index contributed by atoms with van der Waals surface area (Å²) in [6.07, 6.45) is 8.36. The van der Waals surface area contributed by atoms with Gasteiger partial charge in [0.25, 0.3) is 0 Å². The van der Waals surface area contributed by atoms with Crippen molar-refractivity contribution in [1.29, 1.82) is 0 Å². The van der Waals surface area contributed by atoms with E-state index in [1.807, 2.05) is 35.2 Å². The Morgan fingerprint density at radius 3 is 2.50 bits per heavy atom. The lowest BCUT2D eigenvalue weighted by Crippen LogP contribution is -2.48. The van der Waals surface area contributed by atoms with Gasteiger partial charge in [0, 0.05) is 45.3 Å². The van der Waals surface area contributed by atoms with E-state index in [-0.39, 0.29) is 5.91 Å². The Hall–Kier alpha value is -2.46. The highest BCUT2D eigenvalue weighted by Gasteiger charge is 2.20. The summed E-state index contributed by atoms with van der Waals surface area (Å²) in [6.45, 7) is 4.58. The fourth-order valence-electron chi connectivity index (χ4n) is 3.20. The first-order valence-corrected chi connectivity index (χ1v) is 9.43. The second-order valence-corrected chi connectivity index (χ2v) is 6.69. The summed E-state index contributed by atoms with van der Waals surface area (Å²) in [5, 5.41) is 0. The molecule has 0 saturated carbocycles. The van der Waals surface area contributed by atoms with Crippen LogP contribution >= 0.6 is 0 Å². The number of carbonyl (C=O) groups excluding carboxylic acids is 1. The molecule has 1 aliphatic rings. The number of rotatable bonds is 7. The predicted octanol–water partition coefficient (Wildman–Crippen LogP) is 3.61. The van der Waals surface area contributed by atoms with Crippen LogP contribution in [0.4, 0.5) is 0 Å². The molecule has 1 amide bonds. The number of allylic oxidation sites excluding steroid dienone is 1. The van der Waals surface area contributed by atoms with E-state index in [0.717, 1.165) is 51.3 Å². The summed E-state index contributed by atoms with van der Waals surface area (Å²) >= 11 is 0. The Bertz CT molecular complexity index is 692. The monoisotopic (exact) mass is 349 g/mol. The van der Waals surface area contributed by atoms with Gasteiger partial charge in [0.15, 0.2) is 0 Å². The van der Waals surface area contributed by atoms with Crippen LogP contribution in [0, 0.1) is 0 Å². The molecule has 1 saturated heterocycles. The normalized spacial score (nSPS) is 15.5. The molecule has 0 unspecified atom stereocenters. The molecule has 0 N–H and O–H groups in total. The van der Waals surface area contributed by atoms with Gasteiger partial charge in [-0.25, -0.2) is 0 Å². The predicted molar refractivity (Wildman–Crippen MR) is 105 cm³/mol. The SMILES string of the molecule is O=C(CCC/C=C\c1ccccn1)N1CCN(Cc2ccccc2)CC1. The third-order valence-corrected chi connectivity index (χ3v) is 4.71. The molecule has 0 aliphatic carbocycles. The maximum Gasteiger partial charge on any atom is 0.222 e. The van der Waals surface area contributed by atoms with Crippen LogP contribution in [-0.4, -0.2) is 46.9 Å². The molecule has 0 radical (unpaired) electrons. The summed E-state index contributed by atoms with van der Waals surface area (Å²) in [5.41, 5.74) is 2.31. The standard InChI is InChI=1S/C22H27N3O/c26-22(13-6-2-5-11-21-12-7-8-14-23-21)25-17-15-24(16-18-25)19-20-9-3-1-4-10-20/h1,3-5,7-12,14H,2,6,13,15-19H2/b11-5-. The van der Waals surface area contributed by atoms with Crippen molar-refractivity contribution in [2.24, 2.45) is 0 Å². The molecule has 0 atom stereocenters. The average Bonchev–Trinajstić information content (AvgIpc) is 2.70. The Kier molecular flexibility index (Phi) is 6.96. The van der Waals surface area contributed by atoms with Gasteiger partial charge in [0.1, 0.15) is 0 Å². The molecule has 0 spiro atoms. The van der Waals surface area contributed by atoms with Gasteiger partial charge in [-0.3, -0.25) is 14.7 Å². The zero-order valence-corrected chi connectivity index (χ0v) is 15.3. The largest absolute Gasteiger partial charge is 0.340 e. The molecular weight excluding hydrogens is 322 g/mol. The topological polar surface area (TPSA) is 36.4 Å². The molecule has 2 aromatic rings. The molecule has 1 fully saturated rings. The van der Waals surface area contributed by atoms with E-state index < -0.39 is 0 Å². The number of hydrogen-bond donors (Lipinski definition) is 0. The van der Waals surface area contributed by atoms with E-state index >= 15 is 0 Å². The number of piperazine rings is 1. The fourth-order valence-corrected chi connectivity index (χ4v) is 3.20. The van der Waals surface area contributed by atoms with Crippen LogP contribution in [0.3, 0.4) is 0 Å². The number of unbranched alkanes of at least 4 members (excludes halogenated alkanes) is 1. The first kappa shape index (κ1) is 18.3. The molecule has 1 aliphatic heterocycles. The maximum atomic E-state index is 12.4. The van der Waals surface area contributed by atoms with Crippen LogP contribution < -0.4 is 0 Å². The lowest BCUT2D eigenvalue weighted by Gasteiger charge is -2.34. The lowest BCUT2D eigenvalue weighted by atomic mass is 10.1. The summed E-state index contributed by atoms with van der Waals surface area (Å²) in [5.74, 6) is 0.288. The molecule has 26 heavy (non-hydrogen) atoms. The second kappa shape index (κ2) is 9.88. The summed E-state index contributed by atoms with van der Waals surface area (Å²) < 4.78 is 0. The van der Waals surface area contributed by atoms with Crippen molar-refractivity contribution in [3.63, 3.8) is 0 Å². The highest BCUT2D eigenvalue weighted by atomic mass is 16.2. The second-order valence-electron chi connectivity index (χ2n) is 6.69. The molecule has 2 heterocycles. The molecule has 1 aromatic heterocycles. The van der Waals surface area contributed by atoms with Gasteiger partial charge in [0.2, 0.25) is 5.91 Å². The van der Waals surface area contributed by atoms with Crippen molar-refractivity contribution in [2.75, 3.05) is 26.2 Å². The molecule has 1 aromatic carbocycles. The number of aromatic nitrogens is 1. The van der Waals surface area contributed by atoms with Gasteiger partial charge >= 0.3 is 0 Å². The number of nitrogens with zero attached hydrogens (tertiary/aromatic N) is 3. The quantitative estimate of drug-likeness (QED) is 0.717. The van der Waals surface area contributed by atoms with Crippen LogP contribution in [0.25, 0.3) is 6.08 Å². The fraction of sp³-hybridized carbons (Fsp3) is 0.364. The molecule has 4 nitrogen and oxygen atoms in total. The van der Waals surface area contributed by atoms with Crippen molar-refractivity contribution < 1.29 is 4.79 Å². The highest BCUT2D eigenvalue weighted by Crippen LogP contribution is 2.10. The lowest BCUT2D eigenvalue weighted by molar-refractivity contribution is -0.133. The number of hydrogen-bond acceptors (Lipinski definition) is 3.